The monoisotopic (exact) mass is 244 g/mol. The largest absolute Gasteiger partial charge is 0.467 e. The molecule has 0 unspecified atom stereocenters. The van der Waals surface area contributed by atoms with E-state index in [1.807, 2.05) is 19.9 Å². The molecule has 0 amide bonds. The molecule has 0 aromatic heterocycles. The summed E-state index contributed by atoms with van der Waals surface area (Å²) in [5.74, 6) is 0.869. The molecule has 1 aromatic rings. The van der Waals surface area contributed by atoms with Gasteiger partial charge in [-0.2, -0.15) is 0 Å². The summed E-state index contributed by atoms with van der Waals surface area (Å²) in [6, 6.07) is 4.06. The van der Waals surface area contributed by atoms with Gasteiger partial charge in [-0.1, -0.05) is 15.9 Å². The van der Waals surface area contributed by atoms with Crippen molar-refractivity contribution in [2.24, 2.45) is 0 Å². The van der Waals surface area contributed by atoms with E-state index in [1.165, 1.54) is 5.56 Å². The molecule has 1 rings (SSSR count). The van der Waals surface area contributed by atoms with Crippen molar-refractivity contribution in [2.75, 3.05) is 13.9 Å². The average Bonchev–Trinajstić information content (AvgIpc) is 2.09. The van der Waals surface area contributed by atoms with Crippen LogP contribution in [0.3, 0.4) is 0 Å². The lowest BCUT2D eigenvalue weighted by atomic mass is 10.1. The van der Waals surface area contributed by atoms with Crippen molar-refractivity contribution < 1.29 is 9.47 Å². The molecule has 3 heteroatoms. The summed E-state index contributed by atoms with van der Waals surface area (Å²) in [4.78, 5) is 0. The van der Waals surface area contributed by atoms with Gasteiger partial charge in [-0.25, -0.2) is 0 Å². The van der Waals surface area contributed by atoms with Crippen molar-refractivity contribution in [1.29, 1.82) is 0 Å². The van der Waals surface area contributed by atoms with E-state index in [9.17, 15) is 0 Å². The molecule has 13 heavy (non-hydrogen) atoms. The van der Waals surface area contributed by atoms with Crippen LogP contribution in [0, 0.1) is 13.8 Å². The molecule has 0 spiro atoms. The van der Waals surface area contributed by atoms with Crippen LogP contribution in [0.25, 0.3) is 0 Å². The van der Waals surface area contributed by atoms with E-state index in [-0.39, 0.29) is 6.79 Å². The molecule has 0 fully saturated rings. The maximum atomic E-state index is 5.40. The Morgan fingerprint density at radius 2 is 2.00 bits per heavy atom. The van der Waals surface area contributed by atoms with Crippen LogP contribution in [0.15, 0.2) is 16.6 Å². The summed E-state index contributed by atoms with van der Waals surface area (Å²) in [6.07, 6.45) is 0. The second kappa shape index (κ2) is 4.63. The minimum Gasteiger partial charge on any atom is -0.467 e. The van der Waals surface area contributed by atoms with Gasteiger partial charge in [0.05, 0.1) is 0 Å². The number of methoxy groups -OCH3 is 1. The molecular weight excluding hydrogens is 232 g/mol. The minimum absolute atomic E-state index is 0.288. The first-order valence-electron chi connectivity index (χ1n) is 4.03. The summed E-state index contributed by atoms with van der Waals surface area (Å²) in [5.41, 5.74) is 2.27. The summed E-state index contributed by atoms with van der Waals surface area (Å²) in [7, 11) is 1.61. The summed E-state index contributed by atoms with van der Waals surface area (Å²) >= 11 is 3.47. The third kappa shape index (κ3) is 2.71. The first kappa shape index (κ1) is 10.5. The molecule has 0 N–H and O–H groups in total. The predicted octanol–water partition coefficient (Wildman–Crippen LogP) is 3.05. The van der Waals surface area contributed by atoms with Crippen LogP contribution in [0.2, 0.25) is 0 Å². The molecule has 0 aliphatic heterocycles. The molecule has 0 heterocycles. The predicted molar refractivity (Wildman–Crippen MR) is 56.1 cm³/mol. The quantitative estimate of drug-likeness (QED) is 0.762. The molecule has 0 radical (unpaired) electrons. The molecular formula is C10H13BrO2. The zero-order valence-corrected chi connectivity index (χ0v) is 9.64. The van der Waals surface area contributed by atoms with Crippen LogP contribution in [0.5, 0.6) is 5.75 Å². The summed E-state index contributed by atoms with van der Waals surface area (Å²) < 4.78 is 11.3. The zero-order valence-electron chi connectivity index (χ0n) is 8.06. The number of halogens is 1. The molecule has 0 saturated heterocycles. The molecule has 72 valence electrons. The molecule has 1 aromatic carbocycles. The number of hydrogen-bond donors (Lipinski definition) is 0. The normalized spacial score (nSPS) is 10.2. The van der Waals surface area contributed by atoms with Gasteiger partial charge in [0, 0.05) is 17.1 Å². The first-order chi connectivity index (χ1) is 6.15. The van der Waals surface area contributed by atoms with Gasteiger partial charge in [0.2, 0.25) is 0 Å². The Morgan fingerprint density at radius 3 is 2.62 bits per heavy atom. The Labute approximate surface area is 87.0 Å². The highest BCUT2D eigenvalue weighted by atomic mass is 79.9. The lowest BCUT2D eigenvalue weighted by Crippen LogP contribution is -2.00. The second-order valence-corrected chi connectivity index (χ2v) is 3.78. The van der Waals surface area contributed by atoms with E-state index in [0.717, 1.165) is 15.8 Å². The second-order valence-electron chi connectivity index (χ2n) is 2.92. The van der Waals surface area contributed by atoms with Crippen LogP contribution in [-0.4, -0.2) is 13.9 Å². The van der Waals surface area contributed by atoms with Gasteiger partial charge in [-0.15, -0.1) is 0 Å². The molecule has 0 aliphatic rings. The van der Waals surface area contributed by atoms with Crippen molar-refractivity contribution >= 4 is 15.9 Å². The number of ether oxygens (including phenoxy) is 2. The van der Waals surface area contributed by atoms with Crippen LogP contribution < -0.4 is 4.74 Å². The lowest BCUT2D eigenvalue weighted by Gasteiger charge is -2.10. The first-order valence-corrected chi connectivity index (χ1v) is 4.83. The summed E-state index contributed by atoms with van der Waals surface area (Å²) in [6.45, 7) is 4.33. The van der Waals surface area contributed by atoms with Crippen molar-refractivity contribution in [3.8, 4) is 5.75 Å². The van der Waals surface area contributed by atoms with E-state index >= 15 is 0 Å². The molecule has 0 saturated carbocycles. The highest BCUT2D eigenvalue weighted by Crippen LogP contribution is 2.27. The fourth-order valence-electron chi connectivity index (χ4n) is 1.05. The lowest BCUT2D eigenvalue weighted by molar-refractivity contribution is 0.0505. The zero-order chi connectivity index (χ0) is 9.84. The van der Waals surface area contributed by atoms with Crippen LogP contribution in [0.1, 0.15) is 11.1 Å². The van der Waals surface area contributed by atoms with E-state index in [4.69, 9.17) is 9.47 Å². The smallest absolute Gasteiger partial charge is 0.188 e. The van der Waals surface area contributed by atoms with Crippen LogP contribution >= 0.6 is 15.9 Å². The van der Waals surface area contributed by atoms with Crippen molar-refractivity contribution in [2.45, 2.75) is 13.8 Å². The Balaban J connectivity index is 2.92. The third-order valence-corrected chi connectivity index (χ3v) is 2.60. The van der Waals surface area contributed by atoms with Gasteiger partial charge in [-0.3, -0.25) is 0 Å². The van der Waals surface area contributed by atoms with E-state index in [2.05, 4.69) is 22.0 Å². The van der Waals surface area contributed by atoms with Gasteiger partial charge in [0.1, 0.15) is 5.75 Å². The Bertz CT molecular complexity index is 297. The number of benzene rings is 1. The van der Waals surface area contributed by atoms with Gasteiger partial charge in [0.15, 0.2) is 6.79 Å². The Morgan fingerprint density at radius 1 is 1.31 bits per heavy atom. The van der Waals surface area contributed by atoms with E-state index in [0.29, 0.717) is 0 Å². The van der Waals surface area contributed by atoms with Gasteiger partial charge in [0.25, 0.3) is 0 Å². The Hall–Kier alpha value is -0.540. The average molecular weight is 245 g/mol. The van der Waals surface area contributed by atoms with Gasteiger partial charge in [-0.05, 0) is 31.5 Å². The van der Waals surface area contributed by atoms with Crippen LogP contribution in [-0.2, 0) is 4.74 Å². The van der Waals surface area contributed by atoms with Crippen molar-refractivity contribution in [3.63, 3.8) is 0 Å². The van der Waals surface area contributed by atoms with Gasteiger partial charge < -0.3 is 9.47 Å². The maximum Gasteiger partial charge on any atom is 0.188 e. The standard InChI is InChI=1S/C10H13BrO2/c1-7-4-9(11)8(2)10(5-7)13-6-12-3/h4-5H,6H2,1-3H3. The maximum absolute atomic E-state index is 5.40. The molecule has 0 aliphatic carbocycles. The number of rotatable bonds is 3. The minimum atomic E-state index is 0.288. The highest BCUT2D eigenvalue weighted by Gasteiger charge is 2.04. The topological polar surface area (TPSA) is 18.5 Å². The Kier molecular flexibility index (Phi) is 3.75. The van der Waals surface area contributed by atoms with E-state index in [1.54, 1.807) is 7.11 Å². The molecule has 0 atom stereocenters. The molecule has 0 bridgehead atoms. The van der Waals surface area contributed by atoms with Crippen LogP contribution in [0.4, 0.5) is 0 Å². The molecule has 2 nitrogen and oxygen atoms in total. The fourth-order valence-corrected chi connectivity index (χ4v) is 1.61. The third-order valence-electron chi connectivity index (χ3n) is 1.77. The van der Waals surface area contributed by atoms with Gasteiger partial charge >= 0.3 is 0 Å². The fraction of sp³-hybridized carbons (Fsp3) is 0.400. The highest BCUT2D eigenvalue weighted by molar-refractivity contribution is 9.10. The SMILES string of the molecule is COCOc1cc(C)cc(Br)c1C. The van der Waals surface area contributed by atoms with E-state index < -0.39 is 0 Å². The van der Waals surface area contributed by atoms with Crippen molar-refractivity contribution in [1.82, 2.24) is 0 Å². The summed E-state index contributed by atoms with van der Waals surface area (Å²) in [5, 5.41) is 0. The number of aryl methyl sites for hydroxylation is 1. The van der Waals surface area contributed by atoms with Crippen molar-refractivity contribution in [3.05, 3.63) is 27.7 Å². The number of hydrogen-bond acceptors (Lipinski definition) is 2.